The van der Waals surface area contributed by atoms with Gasteiger partial charge in [0, 0.05) is 19.3 Å². The quantitative estimate of drug-likeness (QED) is 0.0263. The van der Waals surface area contributed by atoms with Gasteiger partial charge < -0.3 is 14.2 Å². The van der Waals surface area contributed by atoms with Gasteiger partial charge in [-0.2, -0.15) is 0 Å². The van der Waals surface area contributed by atoms with Crippen molar-refractivity contribution in [3.63, 3.8) is 0 Å². The Morgan fingerprint density at radius 2 is 0.661 bits per heavy atom. The molecule has 0 saturated heterocycles. The molecule has 0 radical (unpaired) electrons. The van der Waals surface area contributed by atoms with Crippen LogP contribution in [0.1, 0.15) is 265 Å². The lowest BCUT2D eigenvalue weighted by Crippen LogP contribution is -2.30. The molecule has 0 aromatic rings. The minimum Gasteiger partial charge on any atom is -0.462 e. The van der Waals surface area contributed by atoms with Gasteiger partial charge in [-0.15, -0.1) is 0 Å². The third-order valence-corrected chi connectivity index (χ3v) is 11.2. The molecule has 0 spiro atoms. The van der Waals surface area contributed by atoms with Crippen LogP contribution in [0, 0.1) is 0 Å². The Morgan fingerprint density at radius 3 is 1.02 bits per heavy atom. The van der Waals surface area contributed by atoms with Crippen LogP contribution in [-0.2, 0) is 28.6 Å². The van der Waals surface area contributed by atoms with Gasteiger partial charge in [0.25, 0.3) is 0 Å². The van der Waals surface area contributed by atoms with Crippen LogP contribution >= 0.6 is 0 Å². The van der Waals surface area contributed by atoms with Gasteiger partial charge in [0.2, 0.25) is 0 Å². The molecule has 0 aromatic carbocycles. The second-order valence-corrected chi connectivity index (χ2v) is 17.1. The molecule has 0 bridgehead atoms. The Morgan fingerprint density at radius 1 is 0.356 bits per heavy atom. The van der Waals surface area contributed by atoms with Crippen LogP contribution in [0.15, 0.2) is 36.5 Å². The molecule has 59 heavy (non-hydrogen) atoms. The molecule has 0 aliphatic rings. The molecule has 1 unspecified atom stereocenters. The second kappa shape index (κ2) is 48.3. The molecule has 6 nitrogen and oxygen atoms in total. The monoisotopic (exact) mass is 829 g/mol. The highest BCUT2D eigenvalue weighted by Gasteiger charge is 2.19. The summed E-state index contributed by atoms with van der Waals surface area (Å²) >= 11 is 0. The molecular weight excluding hydrogens is 733 g/mol. The highest BCUT2D eigenvalue weighted by atomic mass is 16.6. The molecule has 0 amide bonds. The van der Waals surface area contributed by atoms with E-state index in [1.54, 1.807) is 0 Å². The number of allylic oxidation sites excluding steroid dienone is 6. The molecule has 6 heteroatoms. The van der Waals surface area contributed by atoms with E-state index < -0.39 is 6.10 Å². The third-order valence-electron chi connectivity index (χ3n) is 11.2. The molecule has 0 fully saturated rings. The number of carbonyl (C=O) groups excluding carboxylic acids is 3. The molecule has 0 aliphatic heterocycles. The number of rotatable bonds is 46. The van der Waals surface area contributed by atoms with Crippen molar-refractivity contribution in [1.29, 1.82) is 0 Å². The average Bonchev–Trinajstić information content (AvgIpc) is 3.23. The molecule has 0 saturated carbocycles. The molecule has 344 valence electrons. The van der Waals surface area contributed by atoms with Crippen molar-refractivity contribution in [3.8, 4) is 0 Å². The Kier molecular flexibility index (Phi) is 46.4. The summed E-state index contributed by atoms with van der Waals surface area (Å²) in [5, 5.41) is 0. The zero-order valence-corrected chi connectivity index (χ0v) is 39.3. The molecule has 0 aliphatic carbocycles. The zero-order chi connectivity index (χ0) is 43.0. The molecule has 0 aromatic heterocycles. The third kappa shape index (κ3) is 46.5. The van der Waals surface area contributed by atoms with Gasteiger partial charge in [-0.05, 0) is 38.5 Å². The summed E-state index contributed by atoms with van der Waals surface area (Å²) in [7, 11) is 0. The molecule has 0 heterocycles. The van der Waals surface area contributed by atoms with Gasteiger partial charge in [0.05, 0.1) is 0 Å². The van der Waals surface area contributed by atoms with Crippen molar-refractivity contribution in [1.82, 2.24) is 0 Å². The summed E-state index contributed by atoms with van der Waals surface area (Å²) in [5.41, 5.74) is 0. The number of carbonyl (C=O) groups is 3. The first-order valence-corrected chi connectivity index (χ1v) is 25.5. The topological polar surface area (TPSA) is 78.9 Å². The largest absolute Gasteiger partial charge is 0.462 e. The van der Waals surface area contributed by atoms with E-state index in [9.17, 15) is 14.4 Å². The smallest absolute Gasteiger partial charge is 0.306 e. The van der Waals surface area contributed by atoms with Gasteiger partial charge in [-0.1, -0.05) is 243 Å². The minimum atomic E-state index is -0.776. The van der Waals surface area contributed by atoms with E-state index in [2.05, 4.69) is 57.2 Å². The first-order chi connectivity index (χ1) is 29.0. The Hall–Kier alpha value is -2.37. The van der Waals surface area contributed by atoms with Crippen LogP contribution in [0.25, 0.3) is 0 Å². The van der Waals surface area contributed by atoms with Gasteiger partial charge in [0.15, 0.2) is 6.10 Å². The zero-order valence-electron chi connectivity index (χ0n) is 39.3. The highest BCUT2D eigenvalue weighted by molar-refractivity contribution is 5.71. The van der Waals surface area contributed by atoms with Crippen LogP contribution in [0.3, 0.4) is 0 Å². The fourth-order valence-corrected chi connectivity index (χ4v) is 7.38. The Balaban J connectivity index is 4.30. The minimum absolute atomic E-state index is 0.0766. The summed E-state index contributed by atoms with van der Waals surface area (Å²) in [6.45, 7) is 6.50. The summed E-state index contributed by atoms with van der Waals surface area (Å²) in [6.07, 6.45) is 55.6. The van der Waals surface area contributed by atoms with E-state index >= 15 is 0 Å². The lowest BCUT2D eigenvalue weighted by atomic mass is 10.0. The number of esters is 3. The molecular formula is C53H96O6. The number of hydrogen-bond donors (Lipinski definition) is 0. The first kappa shape index (κ1) is 56.6. The Labute approximate surface area is 365 Å². The molecule has 0 N–H and O–H groups in total. The van der Waals surface area contributed by atoms with Crippen molar-refractivity contribution in [2.45, 2.75) is 271 Å². The van der Waals surface area contributed by atoms with Gasteiger partial charge in [-0.25, -0.2) is 0 Å². The normalized spacial score (nSPS) is 12.3. The van der Waals surface area contributed by atoms with E-state index in [0.29, 0.717) is 19.3 Å². The van der Waals surface area contributed by atoms with Crippen molar-refractivity contribution >= 4 is 17.9 Å². The van der Waals surface area contributed by atoms with E-state index in [0.717, 1.165) is 83.5 Å². The van der Waals surface area contributed by atoms with Gasteiger partial charge >= 0.3 is 17.9 Å². The summed E-state index contributed by atoms with van der Waals surface area (Å²) < 4.78 is 16.8. The number of unbranched alkanes of at least 4 members (excludes halogenated alkanes) is 31. The summed E-state index contributed by atoms with van der Waals surface area (Å²) in [6, 6.07) is 0. The van der Waals surface area contributed by atoms with E-state index in [4.69, 9.17) is 14.2 Å². The van der Waals surface area contributed by atoms with Crippen LogP contribution in [0.4, 0.5) is 0 Å². The number of ether oxygens (including phenoxy) is 3. The first-order valence-electron chi connectivity index (χ1n) is 25.5. The van der Waals surface area contributed by atoms with Crippen LogP contribution in [-0.4, -0.2) is 37.2 Å². The summed E-state index contributed by atoms with van der Waals surface area (Å²) in [5.74, 6) is -0.888. The van der Waals surface area contributed by atoms with Crippen LogP contribution < -0.4 is 0 Å². The average molecular weight is 829 g/mol. The maximum absolute atomic E-state index is 12.7. The second-order valence-electron chi connectivity index (χ2n) is 17.1. The molecule has 0 rings (SSSR count). The van der Waals surface area contributed by atoms with Crippen molar-refractivity contribution in [2.75, 3.05) is 13.2 Å². The van der Waals surface area contributed by atoms with Crippen molar-refractivity contribution < 1.29 is 28.6 Å². The van der Waals surface area contributed by atoms with E-state index in [1.807, 2.05) is 0 Å². The standard InChI is InChI=1S/C53H96O6/c1-4-7-10-13-16-19-22-24-25-26-27-28-30-31-34-37-40-43-46-52(55)58-49-50(48-57-51(54)45-42-39-36-33-21-18-15-12-9-6-3)59-53(56)47-44-41-38-35-32-29-23-20-17-14-11-8-5-2/h8,11,14,17,20,23,50H,4-7,9-10,12-13,15-16,18-19,21-22,24-49H2,1-3H3/b11-8-,17-14-,23-20-. The highest BCUT2D eigenvalue weighted by Crippen LogP contribution is 2.16. The maximum atomic E-state index is 12.7. The maximum Gasteiger partial charge on any atom is 0.306 e. The summed E-state index contributed by atoms with van der Waals surface area (Å²) in [4.78, 5) is 37.9. The fourth-order valence-electron chi connectivity index (χ4n) is 7.38. The van der Waals surface area contributed by atoms with Crippen LogP contribution in [0.2, 0.25) is 0 Å². The SMILES string of the molecule is CC\C=C/C=C\C=C/CCCCCCCC(=O)OC(COC(=O)CCCCCCCCCCCC)COC(=O)CCCCCCCCCCCCCCCCCCCC. The van der Waals surface area contributed by atoms with Crippen molar-refractivity contribution in [3.05, 3.63) is 36.5 Å². The van der Waals surface area contributed by atoms with Gasteiger partial charge in [0.1, 0.15) is 13.2 Å². The fraction of sp³-hybridized carbons (Fsp3) is 0.830. The van der Waals surface area contributed by atoms with E-state index in [1.165, 1.54) is 141 Å². The van der Waals surface area contributed by atoms with E-state index in [-0.39, 0.29) is 31.1 Å². The predicted molar refractivity (Wildman–Crippen MR) is 252 cm³/mol. The Bertz CT molecular complexity index is 1000. The predicted octanol–water partition coefficient (Wildman–Crippen LogP) is 16.5. The molecule has 1 atom stereocenters. The van der Waals surface area contributed by atoms with Crippen LogP contribution in [0.5, 0.6) is 0 Å². The van der Waals surface area contributed by atoms with Crippen molar-refractivity contribution in [2.24, 2.45) is 0 Å². The number of hydrogen-bond acceptors (Lipinski definition) is 6. The lowest BCUT2D eigenvalue weighted by molar-refractivity contribution is -0.167. The lowest BCUT2D eigenvalue weighted by Gasteiger charge is -2.18. The van der Waals surface area contributed by atoms with Gasteiger partial charge in [-0.3, -0.25) is 14.4 Å².